The third-order valence-corrected chi connectivity index (χ3v) is 8.06. The van der Waals surface area contributed by atoms with Crippen LogP contribution in [0.4, 0.5) is 0 Å². The maximum Gasteiger partial charge on any atom is 0.357 e. The molecule has 7 nitrogen and oxygen atoms in total. The highest BCUT2D eigenvalue weighted by atomic mass is 32.1. The van der Waals surface area contributed by atoms with E-state index < -0.39 is 19.4 Å². The lowest BCUT2D eigenvalue weighted by Crippen LogP contribution is -2.51. The fraction of sp³-hybridized carbons (Fsp3) is 0.286. The van der Waals surface area contributed by atoms with Crippen LogP contribution in [-0.2, 0) is 31.4 Å². The van der Waals surface area contributed by atoms with Gasteiger partial charge in [-0.1, -0.05) is 91.0 Å². The van der Waals surface area contributed by atoms with E-state index in [9.17, 15) is 9.36 Å². The fourth-order valence-electron chi connectivity index (χ4n) is 3.82. The molecule has 0 saturated carbocycles. The van der Waals surface area contributed by atoms with Crippen molar-refractivity contribution < 1.29 is 18.4 Å². The SMILES string of the molecule is CCOP(=O)(OCC)C(NC(=S)N[C@H](Cc1ccccc1)C(=O)NCc1ccccc1)c1ccccc1. The molecule has 0 bridgehead atoms. The second kappa shape index (κ2) is 14.6. The zero-order chi connectivity index (χ0) is 26.5. The molecule has 0 saturated heterocycles. The summed E-state index contributed by atoms with van der Waals surface area (Å²) in [6.07, 6.45) is 0.411. The van der Waals surface area contributed by atoms with Crippen molar-refractivity contribution in [3.63, 3.8) is 0 Å². The van der Waals surface area contributed by atoms with Gasteiger partial charge < -0.3 is 25.0 Å². The molecule has 0 aliphatic heterocycles. The number of carbonyl (C=O) groups excluding carboxylic acids is 1. The van der Waals surface area contributed by atoms with Crippen LogP contribution >= 0.6 is 19.8 Å². The Bertz CT molecular complexity index is 1160. The van der Waals surface area contributed by atoms with E-state index in [1.165, 1.54) is 0 Å². The van der Waals surface area contributed by atoms with Gasteiger partial charge in [0.15, 0.2) is 10.9 Å². The van der Waals surface area contributed by atoms with Gasteiger partial charge in [-0.2, -0.15) is 0 Å². The first-order valence-electron chi connectivity index (χ1n) is 12.3. The van der Waals surface area contributed by atoms with Gasteiger partial charge in [-0.3, -0.25) is 9.36 Å². The number of hydrogen-bond donors (Lipinski definition) is 3. The molecule has 0 aromatic heterocycles. The van der Waals surface area contributed by atoms with Gasteiger partial charge in [-0.25, -0.2) is 0 Å². The van der Waals surface area contributed by atoms with Crippen molar-refractivity contribution in [3.05, 3.63) is 108 Å². The highest BCUT2D eigenvalue weighted by molar-refractivity contribution is 7.80. The summed E-state index contributed by atoms with van der Waals surface area (Å²) in [6, 6.07) is 28.0. The van der Waals surface area contributed by atoms with E-state index in [-0.39, 0.29) is 24.2 Å². The lowest BCUT2D eigenvalue weighted by Gasteiger charge is -2.29. The van der Waals surface area contributed by atoms with Crippen LogP contribution in [0.25, 0.3) is 0 Å². The molecule has 196 valence electrons. The van der Waals surface area contributed by atoms with Crippen LogP contribution in [-0.4, -0.2) is 30.3 Å². The molecule has 37 heavy (non-hydrogen) atoms. The number of carbonyl (C=O) groups is 1. The average Bonchev–Trinajstić information content (AvgIpc) is 2.92. The summed E-state index contributed by atoms with van der Waals surface area (Å²) in [6.45, 7) is 4.33. The van der Waals surface area contributed by atoms with Crippen LogP contribution < -0.4 is 16.0 Å². The molecule has 0 fully saturated rings. The Hall–Kier alpha value is -3.03. The zero-order valence-corrected chi connectivity index (χ0v) is 22.8. The van der Waals surface area contributed by atoms with E-state index >= 15 is 0 Å². The van der Waals surface area contributed by atoms with Gasteiger partial charge in [0.25, 0.3) is 0 Å². The van der Waals surface area contributed by atoms with E-state index in [4.69, 9.17) is 21.3 Å². The molecule has 0 heterocycles. The molecular weight excluding hydrogens is 505 g/mol. The quantitative estimate of drug-likeness (QED) is 0.200. The summed E-state index contributed by atoms with van der Waals surface area (Å²) in [4.78, 5) is 13.2. The van der Waals surface area contributed by atoms with Crippen LogP contribution in [0.3, 0.4) is 0 Å². The van der Waals surface area contributed by atoms with Crippen molar-refractivity contribution in [3.8, 4) is 0 Å². The summed E-state index contributed by atoms with van der Waals surface area (Å²) in [5.41, 5.74) is 2.67. The first-order chi connectivity index (χ1) is 17.9. The summed E-state index contributed by atoms with van der Waals surface area (Å²) in [7, 11) is -3.63. The third-order valence-electron chi connectivity index (χ3n) is 5.53. The van der Waals surface area contributed by atoms with Gasteiger partial charge in [-0.15, -0.1) is 0 Å². The van der Waals surface area contributed by atoms with Crippen molar-refractivity contribution in [2.45, 2.75) is 38.6 Å². The molecule has 3 N–H and O–H groups in total. The molecule has 3 rings (SSSR count). The summed E-state index contributed by atoms with van der Waals surface area (Å²) < 4.78 is 25.0. The van der Waals surface area contributed by atoms with Crippen molar-refractivity contribution in [2.24, 2.45) is 0 Å². The molecule has 2 atom stereocenters. The van der Waals surface area contributed by atoms with E-state index in [0.717, 1.165) is 11.1 Å². The maximum absolute atomic E-state index is 13.7. The highest BCUT2D eigenvalue weighted by Gasteiger charge is 2.38. The van der Waals surface area contributed by atoms with Crippen LogP contribution in [0, 0.1) is 0 Å². The van der Waals surface area contributed by atoms with Crippen LogP contribution in [0.5, 0.6) is 0 Å². The van der Waals surface area contributed by atoms with E-state index in [0.29, 0.717) is 18.5 Å². The molecule has 3 aromatic rings. The first kappa shape index (κ1) is 28.5. The standard InChI is InChI=1S/C28H34N3O4PS/c1-3-34-36(33,35-4-2)27(24-18-12-7-13-19-24)31-28(37)30-25(20-22-14-8-5-9-15-22)26(32)29-21-23-16-10-6-11-17-23/h5-19,25,27H,3-4,20-21H2,1-2H3,(H,29,32)(H2,30,31,37)/t25-,27?/m1/s1. The molecule has 9 heteroatoms. The van der Waals surface area contributed by atoms with Gasteiger partial charge in [0.05, 0.1) is 13.2 Å². The average molecular weight is 540 g/mol. The maximum atomic E-state index is 13.7. The monoisotopic (exact) mass is 539 g/mol. The van der Waals surface area contributed by atoms with Crippen molar-refractivity contribution in [1.29, 1.82) is 0 Å². The predicted molar refractivity (Wildman–Crippen MR) is 151 cm³/mol. The topological polar surface area (TPSA) is 88.7 Å². The molecule has 0 spiro atoms. The normalized spacial score (nSPS) is 12.8. The smallest absolute Gasteiger partial charge is 0.351 e. The molecule has 1 amide bonds. The number of thiocarbonyl (C=S) groups is 1. The Labute approximate surface area is 224 Å². The van der Waals surface area contributed by atoms with Gasteiger partial charge in [0, 0.05) is 13.0 Å². The minimum atomic E-state index is -3.63. The van der Waals surface area contributed by atoms with Crippen LogP contribution in [0.2, 0.25) is 0 Å². The zero-order valence-electron chi connectivity index (χ0n) is 21.1. The van der Waals surface area contributed by atoms with Gasteiger partial charge >= 0.3 is 7.60 Å². The van der Waals surface area contributed by atoms with Crippen molar-refractivity contribution >= 4 is 30.8 Å². The predicted octanol–water partition coefficient (Wildman–Crippen LogP) is 5.34. The lowest BCUT2D eigenvalue weighted by atomic mass is 10.1. The Morgan fingerprint density at radius 1 is 0.811 bits per heavy atom. The Kier molecular flexibility index (Phi) is 11.3. The number of amides is 1. The largest absolute Gasteiger partial charge is 0.357 e. The van der Waals surface area contributed by atoms with Crippen molar-refractivity contribution in [1.82, 2.24) is 16.0 Å². The third kappa shape index (κ3) is 8.79. The molecule has 3 aromatic carbocycles. The Morgan fingerprint density at radius 2 is 1.32 bits per heavy atom. The first-order valence-corrected chi connectivity index (χ1v) is 14.3. The highest BCUT2D eigenvalue weighted by Crippen LogP contribution is 2.59. The molecular formula is C28H34N3O4PS. The van der Waals surface area contributed by atoms with Gasteiger partial charge in [-0.05, 0) is 42.8 Å². The minimum absolute atomic E-state index is 0.171. The number of nitrogens with one attached hydrogen (secondary N) is 3. The summed E-state index contributed by atoms with van der Waals surface area (Å²) >= 11 is 5.62. The summed E-state index contributed by atoms with van der Waals surface area (Å²) in [5.74, 6) is -1.05. The van der Waals surface area contributed by atoms with E-state index in [2.05, 4.69) is 16.0 Å². The Balaban J connectivity index is 1.80. The van der Waals surface area contributed by atoms with Gasteiger partial charge in [0.1, 0.15) is 6.04 Å². The number of benzene rings is 3. The van der Waals surface area contributed by atoms with E-state index in [1.54, 1.807) is 13.8 Å². The van der Waals surface area contributed by atoms with Crippen molar-refractivity contribution in [2.75, 3.05) is 13.2 Å². The van der Waals surface area contributed by atoms with E-state index in [1.807, 2.05) is 91.0 Å². The fourth-order valence-corrected chi connectivity index (χ4v) is 6.08. The molecule has 0 radical (unpaired) electrons. The number of hydrogen-bond acceptors (Lipinski definition) is 5. The second-order valence-corrected chi connectivity index (χ2v) is 10.8. The molecule has 1 unspecified atom stereocenters. The Morgan fingerprint density at radius 3 is 1.86 bits per heavy atom. The number of rotatable bonds is 13. The minimum Gasteiger partial charge on any atom is -0.351 e. The summed E-state index contributed by atoms with van der Waals surface area (Å²) in [5, 5.41) is 9.41. The molecule has 0 aliphatic carbocycles. The van der Waals surface area contributed by atoms with Gasteiger partial charge in [0.2, 0.25) is 5.91 Å². The van der Waals surface area contributed by atoms with Crippen LogP contribution in [0.15, 0.2) is 91.0 Å². The second-order valence-electron chi connectivity index (χ2n) is 8.25. The van der Waals surface area contributed by atoms with Crippen LogP contribution in [0.1, 0.15) is 36.3 Å². The molecule has 0 aliphatic rings. The lowest BCUT2D eigenvalue weighted by molar-refractivity contribution is -0.122.